The predicted octanol–water partition coefficient (Wildman–Crippen LogP) is 2.46. The average molecular weight is 415 g/mol. The molecule has 0 radical (unpaired) electrons. The molecule has 5 rings (SSSR count). The van der Waals surface area contributed by atoms with Gasteiger partial charge in [0, 0.05) is 31.4 Å². The van der Waals surface area contributed by atoms with E-state index in [1.54, 1.807) is 6.20 Å². The van der Waals surface area contributed by atoms with Crippen molar-refractivity contribution in [2.75, 3.05) is 38.8 Å². The maximum absolute atomic E-state index is 15.4. The van der Waals surface area contributed by atoms with Crippen LogP contribution in [0.5, 0.6) is 5.75 Å². The normalized spacial score (nSPS) is 23.5. The van der Waals surface area contributed by atoms with Crippen molar-refractivity contribution in [3.63, 3.8) is 0 Å². The van der Waals surface area contributed by atoms with Gasteiger partial charge in [0.05, 0.1) is 25.1 Å². The summed E-state index contributed by atoms with van der Waals surface area (Å²) in [6.45, 7) is 2.45. The monoisotopic (exact) mass is 415 g/mol. The molecule has 2 saturated heterocycles. The number of hydrogen-bond donors (Lipinski definition) is 1. The van der Waals surface area contributed by atoms with Gasteiger partial charge in [0.2, 0.25) is 5.43 Å². The van der Waals surface area contributed by atoms with E-state index in [2.05, 4.69) is 5.32 Å². The Morgan fingerprint density at radius 3 is 2.70 bits per heavy atom. The number of piperidine rings is 1. The lowest BCUT2D eigenvalue weighted by Crippen LogP contribution is -2.40. The van der Waals surface area contributed by atoms with E-state index in [9.17, 15) is 9.59 Å². The number of nitrogens with zero attached hydrogens (tertiary/aromatic N) is 2. The van der Waals surface area contributed by atoms with Crippen molar-refractivity contribution in [1.82, 2.24) is 9.88 Å². The Kier molecular flexibility index (Phi) is 4.69. The second kappa shape index (κ2) is 7.27. The minimum Gasteiger partial charge on any atom is -0.492 e. The second-order valence-corrected chi connectivity index (χ2v) is 8.51. The lowest BCUT2D eigenvalue weighted by atomic mass is 9.94. The zero-order valence-corrected chi connectivity index (χ0v) is 17.2. The number of rotatable bonds is 4. The Balaban J connectivity index is 1.72. The molecule has 1 aromatic carbocycles. The summed E-state index contributed by atoms with van der Waals surface area (Å²) in [5.74, 6) is -0.371. The number of methoxy groups -OCH3 is 2. The van der Waals surface area contributed by atoms with Crippen LogP contribution in [-0.2, 0) is 4.74 Å². The number of fused-ring (bicyclic) bond motifs is 2. The number of benzene rings is 1. The van der Waals surface area contributed by atoms with Crippen molar-refractivity contribution in [2.45, 2.75) is 37.8 Å². The first-order valence-corrected chi connectivity index (χ1v) is 10.6. The van der Waals surface area contributed by atoms with Crippen LogP contribution in [0.4, 0.5) is 10.1 Å². The highest BCUT2D eigenvalue weighted by Gasteiger charge is 2.38. The van der Waals surface area contributed by atoms with E-state index in [-0.39, 0.29) is 17.0 Å². The molecule has 2 atom stereocenters. The molecule has 2 aromatic rings. The fraction of sp³-hybridized carbons (Fsp3) is 0.545. The molecular weight excluding hydrogens is 389 g/mol. The van der Waals surface area contributed by atoms with Crippen LogP contribution in [0.25, 0.3) is 10.9 Å². The molecule has 0 amide bonds. The van der Waals surface area contributed by atoms with E-state index >= 15 is 4.39 Å². The molecule has 3 aliphatic rings. The van der Waals surface area contributed by atoms with Gasteiger partial charge in [-0.15, -0.1) is 0 Å². The highest BCUT2D eigenvalue weighted by atomic mass is 19.1. The maximum Gasteiger partial charge on any atom is 0.343 e. The zero-order valence-electron chi connectivity index (χ0n) is 17.2. The van der Waals surface area contributed by atoms with Crippen molar-refractivity contribution < 1.29 is 18.7 Å². The largest absolute Gasteiger partial charge is 0.492 e. The first-order valence-electron chi connectivity index (χ1n) is 10.6. The number of nitrogens with one attached hydrogen (secondary N) is 1. The van der Waals surface area contributed by atoms with Gasteiger partial charge < -0.3 is 24.3 Å². The summed E-state index contributed by atoms with van der Waals surface area (Å²) < 4.78 is 27.8. The van der Waals surface area contributed by atoms with Crippen LogP contribution >= 0.6 is 0 Å². The minimum absolute atomic E-state index is 0.0810. The summed E-state index contributed by atoms with van der Waals surface area (Å²) in [4.78, 5) is 27.2. The first kappa shape index (κ1) is 19.4. The number of hydrogen-bond acceptors (Lipinski definition) is 6. The molecule has 0 unspecified atom stereocenters. The maximum atomic E-state index is 15.4. The molecule has 3 heterocycles. The smallest absolute Gasteiger partial charge is 0.343 e. The number of halogens is 1. The Hall–Kier alpha value is -2.61. The molecule has 7 nitrogen and oxygen atoms in total. The molecule has 160 valence electrons. The Morgan fingerprint density at radius 1 is 1.23 bits per heavy atom. The Bertz CT molecular complexity index is 1060. The zero-order chi connectivity index (χ0) is 21.0. The summed E-state index contributed by atoms with van der Waals surface area (Å²) in [5, 5.41) is 3.69. The number of ether oxygens (including phenoxy) is 2. The fourth-order valence-electron chi connectivity index (χ4n) is 5.06. The Morgan fingerprint density at radius 2 is 2.03 bits per heavy atom. The highest BCUT2D eigenvalue weighted by molar-refractivity contribution is 5.97. The molecule has 2 aliphatic heterocycles. The molecular formula is C22H26FN3O4. The van der Waals surface area contributed by atoms with E-state index < -0.39 is 17.2 Å². The SMILES string of the molecule is COC(=O)c1cn(C2CC2)c2c(OC)c(N3C[C@H]4CCCN[C@@H]4C3)c(F)cc2c1=O. The predicted molar refractivity (Wildman–Crippen MR) is 111 cm³/mol. The van der Waals surface area contributed by atoms with E-state index in [1.807, 2.05) is 9.47 Å². The summed E-state index contributed by atoms with van der Waals surface area (Å²) in [6.07, 6.45) is 5.67. The number of carbonyl (C=O) groups is 1. The van der Waals surface area contributed by atoms with E-state index in [0.29, 0.717) is 35.5 Å². The number of pyridine rings is 1. The van der Waals surface area contributed by atoms with Gasteiger partial charge in [-0.2, -0.15) is 0 Å². The van der Waals surface area contributed by atoms with Gasteiger partial charge in [-0.3, -0.25) is 4.79 Å². The van der Waals surface area contributed by atoms with Gasteiger partial charge >= 0.3 is 5.97 Å². The second-order valence-electron chi connectivity index (χ2n) is 8.51. The van der Waals surface area contributed by atoms with Crippen molar-refractivity contribution in [2.24, 2.45) is 5.92 Å². The van der Waals surface area contributed by atoms with Crippen LogP contribution in [0.3, 0.4) is 0 Å². The van der Waals surface area contributed by atoms with Crippen molar-refractivity contribution in [3.05, 3.63) is 33.9 Å². The molecule has 1 aliphatic carbocycles. The quantitative estimate of drug-likeness (QED) is 0.774. The third kappa shape index (κ3) is 2.96. The molecule has 0 bridgehead atoms. The van der Waals surface area contributed by atoms with Crippen molar-refractivity contribution in [1.29, 1.82) is 0 Å². The van der Waals surface area contributed by atoms with Gasteiger partial charge in [-0.05, 0) is 44.2 Å². The lowest BCUT2D eigenvalue weighted by Gasteiger charge is -2.25. The van der Waals surface area contributed by atoms with E-state index in [4.69, 9.17) is 9.47 Å². The summed E-state index contributed by atoms with van der Waals surface area (Å²) in [5.41, 5.74) is 0.342. The standard InChI is InChI=1S/C22H26FN3O4/c1-29-21-18-14(20(27)15(22(28)30-2)10-26(18)13-5-6-13)8-16(23)19(21)25-9-12-4-3-7-24-17(12)11-25/h8,10,12-13,17,24H,3-7,9,11H2,1-2H3/t12-,17-/m1/s1. The number of esters is 1. The molecule has 1 saturated carbocycles. The summed E-state index contributed by atoms with van der Waals surface area (Å²) in [6, 6.07) is 1.76. The van der Waals surface area contributed by atoms with Gasteiger partial charge in [-0.25, -0.2) is 9.18 Å². The molecule has 3 fully saturated rings. The third-order valence-corrected chi connectivity index (χ3v) is 6.66. The summed E-state index contributed by atoms with van der Waals surface area (Å²) >= 11 is 0. The van der Waals surface area contributed by atoms with Crippen LogP contribution in [0.2, 0.25) is 0 Å². The van der Waals surface area contributed by atoms with Gasteiger partial charge in [0.15, 0.2) is 11.6 Å². The van der Waals surface area contributed by atoms with Crippen LogP contribution in [0, 0.1) is 11.7 Å². The van der Waals surface area contributed by atoms with Crippen LogP contribution < -0.4 is 20.4 Å². The van der Waals surface area contributed by atoms with Crippen LogP contribution in [-0.4, -0.2) is 50.4 Å². The van der Waals surface area contributed by atoms with Crippen molar-refractivity contribution in [3.8, 4) is 5.75 Å². The van der Waals surface area contributed by atoms with E-state index in [0.717, 1.165) is 38.8 Å². The van der Waals surface area contributed by atoms with Gasteiger partial charge in [0.25, 0.3) is 0 Å². The number of aromatic nitrogens is 1. The van der Waals surface area contributed by atoms with Crippen LogP contribution in [0.1, 0.15) is 42.1 Å². The summed E-state index contributed by atoms with van der Waals surface area (Å²) in [7, 11) is 2.74. The third-order valence-electron chi connectivity index (χ3n) is 6.66. The first-order chi connectivity index (χ1) is 14.5. The molecule has 0 spiro atoms. The molecule has 1 aromatic heterocycles. The van der Waals surface area contributed by atoms with E-state index in [1.165, 1.54) is 20.3 Å². The Labute approximate surface area is 173 Å². The fourth-order valence-corrected chi connectivity index (χ4v) is 5.06. The molecule has 1 N–H and O–H groups in total. The molecule has 8 heteroatoms. The highest BCUT2D eigenvalue weighted by Crippen LogP contribution is 2.45. The molecule has 30 heavy (non-hydrogen) atoms. The van der Waals surface area contributed by atoms with Gasteiger partial charge in [-0.1, -0.05) is 0 Å². The van der Waals surface area contributed by atoms with Gasteiger partial charge in [0.1, 0.15) is 11.3 Å². The topological polar surface area (TPSA) is 72.8 Å². The van der Waals surface area contributed by atoms with Crippen LogP contribution in [0.15, 0.2) is 17.1 Å². The average Bonchev–Trinajstić information content (AvgIpc) is 3.51. The van der Waals surface area contributed by atoms with Crippen molar-refractivity contribution >= 4 is 22.6 Å². The minimum atomic E-state index is -0.713. The lowest BCUT2D eigenvalue weighted by molar-refractivity contribution is 0.0598. The number of carbonyl (C=O) groups excluding carboxylic acids is 1. The number of anilines is 1.